The molecule has 0 unspecified atom stereocenters. The van der Waals surface area contributed by atoms with E-state index in [1.165, 1.54) is 30.6 Å². The van der Waals surface area contributed by atoms with Gasteiger partial charge in [-0.25, -0.2) is 18.6 Å². The molecule has 0 spiro atoms. The number of aromatic amines is 1. The van der Waals surface area contributed by atoms with E-state index in [1.54, 1.807) is 24.2 Å². The lowest BCUT2D eigenvalue weighted by Gasteiger charge is -2.38. The number of nitrogens with zero attached hydrogens (tertiary/aromatic N) is 3. The molecule has 48 heavy (non-hydrogen) atoms. The molecule has 0 bridgehead atoms. The SMILES string of the molecule is CN1[C@@H](CC(C)(C)C)[C@](C#N)(c2ccc(Cl)cc2F)[C@@H](c2cccc(Cl)c2F)[C@@H]1C(=O)N[C@H](CO)Cc1cnc[nH]1.O=C(O)C(F)(F)F. The van der Waals surface area contributed by atoms with Crippen LogP contribution in [0.4, 0.5) is 22.0 Å². The second-order valence-electron chi connectivity index (χ2n) is 12.6. The molecule has 0 saturated carbocycles. The van der Waals surface area contributed by atoms with Gasteiger partial charge in [0.2, 0.25) is 5.91 Å². The molecule has 1 aromatic heterocycles. The molecular formula is C32H34Cl2F5N5O4. The topological polar surface area (TPSA) is 142 Å². The minimum Gasteiger partial charge on any atom is -0.475 e. The first-order valence-electron chi connectivity index (χ1n) is 14.5. The number of hydrogen-bond acceptors (Lipinski definition) is 6. The zero-order valence-corrected chi connectivity index (χ0v) is 27.8. The van der Waals surface area contributed by atoms with E-state index in [2.05, 4.69) is 21.4 Å². The lowest BCUT2D eigenvalue weighted by Crippen LogP contribution is -2.50. The molecule has 5 atom stereocenters. The number of likely N-dealkylation sites (N-methyl/N-ethyl adjacent to an activating group) is 1. The Hall–Kier alpha value is -3.77. The molecule has 0 radical (unpaired) electrons. The van der Waals surface area contributed by atoms with Crippen molar-refractivity contribution in [3.63, 3.8) is 0 Å². The molecule has 260 valence electrons. The summed E-state index contributed by atoms with van der Waals surface area (Å²) in [6.07, 6.45) is -1.37. The normalized spacial score (nSPS) is 21.9. The first kappa shape index (κ1) is 38.7. The van der Waals surface area contributed by atoms with Gasteiger partial charge in [-0.2, -0.15) is 18.4 Å². The number of halogens is 7. The molecule has 9 nitrogen and oxygen atoms in total. The van der Waals surface area contributed by atoms with Crippen LogP contribution in [-0.4, -0.2) is 74.9 Å². The number of carboxylic acids is 1. The van der Waals surface area contributed by atoms with Crippen LogP contribution in [0.5, 0.6) is 0 Å². The zero-order chi connectivity index (χ0) is 36.2. The number of amides is 1. The van der Waals surface area contributed by atoms with Crippen molar-refractivity contribution in [1.82, 2.24) is 20.2 Å². The maximum atomic E-state index is 15.9. The summed E-state index contributed by atoms with van der Waals surface area (Å²) in [6.45, 7) is 5.57. The van der Waals surface area contributed by atoms with Gasteiger partial charge in [0.1, 0.15) is 17.0 Å². The number of benzene rings is 2. The summed E-state index contributed by atoms with van der Waals surface area (Å²) in [6, 6.07) is 8.26. The Morgan fingerprint density at radius 2 is 1.83 bits per heavy atom. The van der Waals surface area contributed by atoms with Gasteiger partial charge in [0.15, 0.2) is 0 Å². The molecule has 2 aromatic carbocycles. The van der Waals surface area contributed by atoms with Crippen LogP contribution in [0.3, 0.4) is 0 Å². The van der Waals surface area contributed by atoms with E-state index >= 15 is 8.78 Å². The van der Waals surface area contributed by atoms with E-state index in [-0.39, 0.29) is 39.6 Å². The van der Waals surface area contributed by atoms with Crippen molar-refractivity contribution in [2.24, 2.45) is 5.41 Å². The van der Waals surface area contributed by atoms with Crippen molar-refractivity contribution in [2.45, 2.75) is 69.2 Å². The number of aliphatic hydroxyl groups excluding tert-OH is 1. The summed E-state index contributed by atoms with van der Waals surface area (Å²) in [7, 11) is 1.69. The van der Waals surface area contributed by atoms with Gasteiger partial charge < -0.3 is 20.5 Å². The number of aliphatic carboxylic acids is 1. The summed E-state index contributed by atoms with van der Waals surface area (Å²) in [5.41, 5.74) is -1.35. The second-order valence-corrected chi connectivity index (χ2v) is 13.4. The number of H-pyrrole nitrogens is 1. The van der Waals surface area contributed by atoms with Gasteiger partial charge in [-0.05, 0) is 42.6 Å². The summed E-state index contributed by atoms with van der Waals surface area (Å²) >= 11 is 12.3. The Morgan fingerprint density at radius 1 is 1.19 bits per heavy atom. The Morgan fingerprint density at radius 3 is 2.33 bits per heavy atom. The summed E-state index contributed by atoms with van der Waals surface area (Å²) < 4.78 is 63.4. The zero-order valence-electron chi connectivity index (χ0n) is 26.2. The molecule has 3 aromatic rings. The Kier molecular flexibility index (Phi) is 12.2. The van der Waals surface area contributed by atoms with Crippen LogP contribution in [0.25, 0.3) is 0 Å². The highest BCUT2D eigenvalue weighted by Gasteiger charge is 2.64. The van der Waals surface area contributed by atoms with Crippen molar-refractivity contribution >= 4 is 35.1 Å². The first-order chi connectivity index (χ1) is 22.3. The number of nitriles is 1. The number of rotatable bonds is 8. The molecule has 1 amide bonds. The second kappa shape index (κ2) is 15.2. The van der Waals surface area contributed by atoms with Gasteiger partial charge in [0.05, 0.1) is 36.1 Å². The van der Waals surface area contributed by atoms with Crippen LogP contribution < -0.4 is 5.32 Å². The van der Waals surface area contributed by atoms with E-state index in [9.17, 15) is 28.3 Å². The number of carbonyl (C=O) groups is 2. The van der Waals surface area contributed by atoms with Gasteiger partial charge in [-0.15, -0.1) is 0 Å². The molecule has 4 N–H and O–H groups in total. The van der Waals surface area contributed by atoms with E-state index in [0.717, 1.165) is 6.07 Å². The number of aromatic nitrogens is 2. The van der Waals surface area contributed by atoms with Crippen molar-refractivity contribution in [2.75, 3.05) is 13.7 Å². The number of likely N-dealkylation sites (tertiary alicyclic amines) is 1. The molecule has 4 rings (SSSR count). The molecular weight excluding hydrogens is 684 g/mol. The summed E-state index contributed by atoms with van der Waals surface area (Å²) in [5, 5.41) is 31.1. The number of aliphatic hydroxyl groups is 1. The monoisotopic (exact) mass is 717 g/mol. The average molecular weight is 719 g/mol. The van der Waals surface area contributed by atoms with Crippen molar-refractivity contribution in [1.29, 1.82) is 5.26 Å². The molecule has 16 heteroatoms. The lowest BCUT2D eigenvalue weighted by molar-refractivity contribution is -0.192. The smallest absolute Gasteiger partial charge is 0.475 e. The number of carbonyl (C=O) groups excluding carboxylic acids is 1. The molecule has 2 heterocycles. The number of hydrogen-bond donors (Lipinski definition) is 4. The maximum absolute atomic E-state index is 15.9. The lowest BCUT2D eigenvalue weighted by atomic mass is 9.62. The molecule has 1 fully saturated rings. The molecule has 0 aliphatic carbocycles. The van der Waals surface area contributed by atoms with Crippen molar-refractivity contribution < 1.29 is 41.8 Å². The third-order valence-corrected chi connectivity index (χ3v) is 8.57. The van der Waals surface area contributed by atoms with Crippen LogP contribution in [-0.2, 0) is 21.4 Å². The van der Waals surface area contributed by atoms with Gasteiger partial charge in [-0.1, -0.05) is 62.2 Å². The highest BCUT2D eigenvalue weighted by atomic mass is 35.5. The molecule has 1 aliphatic rings. The predicted molar refractivity (Wildman–Crippen MR) is 167 cm³/mol. The maximum Gasteiger partial charge on any atom is 0.490 e. The number of alkyl halides is 3. The van der Waals surface area contributed by atoms with E-state index in [0.29, 0.717) is 12.1 Å². The third kappa shape index (κ3) is 8.44. The van der Waals surface area contributed by atoms with Crippen LogP contribution in [0.1, 0.15) is 49.9 Å². The quantitative estimate of drug-likeness (QED) is 0.209. The fourth-order valence-corrected chi connectivity index (χ4v) is 6.43. The minimum atomic E-state index is -5.08. The van der Waals surface area contributed by atoms with Crippen LogP contribution in [0.2, 0.25) is 10.0 Å². The van der Waals surface area contributed by atoms with E-state index in [4.69, 9.17) is 33.1 Å². The van der Waals surface area contributed by atoms with E-state index < -0.39 is 59.1 Å². The van der Waals surface area contributed by atoms with Crippen molar-refractivity contribution in [3.8, 4) is 6.07 Å². The van der Waals surface area contributed by atoms with Gasteiger partial charge >= 0.3 is 12.1 Å². The number of carboxylic acid groups (broad SMARTS) is 1. The third-order valence-electron chi connectivity index (χ3n) is 8.05. The fraction of sp³-hybridized carbons (Fsp3) is 0.438. The predicted octanol–water partition coefficient (Wildman–Crippen LogP) is 6.01. The Balaban J connectivity index is 0.000000804. The largest absolute Gasteiger partial charge is 0.490 e. The molecule has 1 saturated heterocycles. The number of nitrogens with one attached hydrogen (secondary N) is 2. The van der Waals surface area contributed by atoms with Crippen molar-refractivity contribution in [3.05, 3.63) is 87.4 Å². The number of imidazole rings is 1. The Labute approximate surface area is 283 Å². The van der Waals surface area contributed by atoms with Gasteiger partial charge in [0.25, 0.3) is 0 Å². The standard InChI is InChI=1S/C30H33Cl2F2N5O2.C2HF3O2/c1-29(2,3)12-24-30(15-35,21-9-8-17(31)10-23(21)33)25(20-6-5-7-22(32)26(20)34)27(39(24)4)28(41)38-19(14-40)11-18-13-36-16-37-18;3-2(4,5)1(6)7/h5-10,13,16,19,24-25,27,40H,11-12,14H2,1-4H3,(H,36,37)(H,38,41);(H,6,7)/t19-,24-,25-,27+,30-;/m0./s1. The first-order valence-corrected chi connectivity index (χ1v) is 15.2. The average Bonchev–Trinajstić information content (AvgIpc) is 3.58. The van der Waals surface area contributed by atoms with Gasteiger partial charge in [-0.3, -0.25) is 9.69 Å². The van der Waals surface area contributed by atoms with Crippen LogP contribution >= 0.6 is 23.2 Å². The summed E-state index contributed by atoms with van der Waals surface area (Å²) in [5.74, 6) is -5.99. The van der Waals surface area contributed by atoms with Gasteiger partial charge in [0, 0.05) is 40.9 Å². The van der Waals surface area contributed by atoms with E-state index in [1.807, 2.05) is 20.8 Å². The highest BCUT2D eigenvalue weighted by Crippen LogP contribution is 2.56. The minimum absolute atomic E-state index is 0.0151. The van der Waals surface area contributed by atoms with Crippen LogP contribution in [0, 0.1) is 28.4 Å². The molecule has 1 aliphatic heterocycles. The fourth-order valence-electron chi connectivity index (χ4n) is 6.09. The Bertz CT molecular complexity index is 1640. The van der Waals surface area contributed by atoms with Crippen LogP contribution in [0.15, 0.2) is 48.9 Å². The highest BCUT2D eigenvalue weighted by molar-refractivity contribution is 6.31. The summed E-state index contributed by atoms with van der Waals surface area (Å²) in [4.78, 5) is 31.7.